The van der Waals surface area contributed by atoms with Crippen molar-refractivity contribution in [3.8, 4) is 0 Å². The second-order valence-corrected chi connectivity index (χ2v) is 5.47. The summed E-state index contributed by atoms with van der Waals surface area (Å²) in [4.78, 5) is 36.1. The zero-order valence-corrected chi connectivity index (χ0v) is 12.9. The molecule has 2 rings (SSSR count). The van der Waals surface area contributed by atoms with Gasteiger partial charge in [-0.2, -0.15) is 0 Å². The molecule has 118 valence electrons. The number of hydrogen-bond acceptors (Lipinski definition) is 3. The van der Waals surface area contributed by atoms with Crippen LogP contribution >= 0.6 is 0 Å². The Morgan fingerprint density at radius 2 is 1.95 bits per heavy atom. The minimum Gasteiger partial charge on any atom is -0.354 e. The van der Waals surface area contributed by atoms with Crippen molar-refractivity contribution in [1.82, 2.24) is 5.32 Å². The van der Waals surface area contributed by atoms with E-state index in [1.807, 2.05) is 0 Å². The summed E-state index contributed by atoms with van der Waals surface area (Å²) in [6.07, 6.45) is 1.92. The summed E-state index contributed by atoms with van der Waals surface area (Å²) in [5, 5.41) is 5.53. The Morgan fingerprint density at radius 3 is 2.55 bits per heavy atom. The minimum atomic E-state index is -0.164. The molecule has 1 aliphatic carbocycles. The molecule has 0 bridgehead atoms. The van der Waals surface area contributed by atoms with Crippen molar-refractivity contribution < 1.29 is 14.4 Å². The Kier molecular flexibility index (Phi) is 5.14. The number of hydrogen-bond donors (Lipinski definition) is 2. The molecule has 1 aromatic carbocycles. The molecule has 0 spiro atoms. The van der Waals surface area contributed by atoms with E-state index in [1.54, 1.807) is 29.2 Å². The third-order valence-electron chi connectivity index (χ3n) is 3.44. The highest BCUT2D eigenvalue weighted by molar-refractivity contribution is 5.94. The standard InChI is InChI=1S/C16H21N3O3/c1-11(20)18-14-4-3-5-15(10-14)19(12(2)21)9-8-17-16(22)13-6-7-13/h3-5,10,13H,6-9H2,1-2H3,(H,17,22)(H,18,20). The maximum atomic E-state index is 11.8. The van der Waals surface area contributed by atoms with E-state index < -0.39 is 0 Å². The fraction of sp³-hybridized carbons (Fsp3) is 0.438. The fourth-order valence-electron chi connectivity index (χ4n) is 2.20. The van der Waals surface area contributed by atoms with Gasteiger partial charge in [-0.15, -0.1) is 0 Å². The molecule has 1 aromatic rings. The quantitative estimate of drug-likeness (QED) is 0.836. The number of amides is 3. The van der Waals surface area contributed by atoms with Crippen molar-refractivity contribution in [3.63, 3.8) is 0 Å². The van der Waals surface area contributed by atoms with E-state index in [2.05, 4.69) is 10.6 Å². The van der Waals surface area contributed by atoms with Crippen LogP contribution in [-0.2, 0) is 14.4 Å². The molecular formula is C16H21N3O3. The Balaban J connectivity index is 1.98. The normalized spacial score (nSPS) is 13.4. The molecule has 0 saturated heterocycles. The highest BCUT2D eigenvalue weighted by atomic mass is 16.2. The lowest BCUT2D eigenvalue weighted by molar-refractivity contribution is -0.122. The summed E-state index contributed by atoms with van der Waals surface area (Å²) in [5.74, 6) is -0.0479. The molecule has 1 saturated carbocycles. The van der Waals surface area contributed by atoms with Crippen molar-refractivity contribution >= 4 is 29.1 Å². The molecule has 1 fully saturated rings. The highest BCUT2D eigenvalue weighted by Crippen LogP contribution is 2.28. The average molecular weight is 303 g/mol. The first-order valence-electron chi connectivity index (χ1n) is 7.41. The molecule has 6 nitrogen and oxygen atoms in total. The van der Waals surface area contributed by atoms with Gasteiger partial charge in [0.2, 0.25) is 17.7 Å². The summed E-state index contributed by atoms with van der Waals surface area (Å²) in [5.41, 5.74) is 1.33. The predicted molar refractivity (Wildman–Crippen MR) is 84.5 cm³/mol. The summed E-state index contributed by atoms with van der Waals surface area (Å²) in [7, 11) is 0. The topological polar surface area (TPSA) is 78.5 Å². The molecule has 0 unspecified atom stereocenters. The van der Waals surface area contributed by atoms with Gasteiger partial charge in [-0.3, -0.25) is 14.4 Å². The van der Waals surface area contributed by atoms with Crippen LogP contribution in [0, 0.1) is 5.92 Å². The van der Waals surface area contributed by atoms with E-state index in [9.17, 15) is 14.4 Å². The van der Waals surface area contributed by atoms with Crippen LogP contribution in [0.3, 0.4) is 0 Å². The molecule has 3 amide bonds. The van der Waals surface area contributed by atoms with Crippen molar-refractivity contribution in [1.29, 1.82) is 0 Å². The lowest BCUT2D eigenvalue weighted by atomic mass is 10.2. The van der Waals surface area contributed by atoms with Gasteiger partial charge in [-0.25, -0.2) is 0 Å². The smallest absolute Gasteiger partial charge is 0.223 e. The number of nitrogens with zero attached hydrogens (tertiary/aromatic N) is 1. The third kappa shape index (κ3) is 4.58. The van der Waals surface area contributed by atoms with Crippen LogP contribution in [0.15, 0.2) is 24.3 Å². The first-order valence-corrected chi connectivity index (χ1v) is 7.41. The maximum Gasteiger partial charge on any atom is 0.223 e. The maximum absolute atomic E-state index is 11.8. The van der Waals surface area contributed by atoms with Gasteiger partial charge in [-0.05, 0) is 31.0 Å². The second kappa shape index (κ2) is 7.06. The van der Waals surface area contributed by atoms with E-state index in [0.717, 1.165) is 12.8 Å². The SMILES string of the molecule is CC(=O)Nc1cccc(N(CCNC(=O)C2CC2)C(C)=O)c1. The summed E-state index contributed by atoms with van der Waals surface area (Å²) in [6, 6.07) is 7.08. The van der Waals surface area contributed by atoms with E-state index in [-0.39, 0.29) is 23.6 Å². The van der Waals surface area contributed by atoms with Gasteiger partial charge in [0.15, 0.2) is 0 Å². The number of carbonyl (C=O) groups excluding carboxylic acids is 3. The van der Waals surface area contributed by atoms with Crippen molar-refractivity contribution in [2.75, 3.05) is 23.3 Å². The lowest BCUT2D eigenvalue weighted by Gasteiger charge is -2.22. The van der Waals surface area contributed by atoms with E-state index in [4.69, 9.17) is 0 Å². The summed E-state index contributed by atoms with van der Waals surface area (Å²) < 4.78 is 0. The molecule has 2 N–H and O–H groups in total. The number of nitrogens with one attached hydrogen (secondary N) is 2. The number of carbonyl (C=O) groups is 3. The van der Waals surface area contributed by atoms with E-state index >= 15 is 0 Å². The van der Waals surface area contributed by atoms with Gasteiger partial charge in [0.05, 0.1) is 0 Å². The average Bonchev–Trinajstić information content (AvgIpc) is 3.27. The lowest BCUT2D eigenvalue weighted by Crippen LogP contribution is -2.38. The van der Waals surface area contributed by atoms with Crippen LogP contribution in [0.4, 0.5) is 11.4 Å². The largest absolute Gasteiger partial charge is 0.354 e. The summed E-state index contributed by atoms with van der Waals surface area (Å²) >= 11 is 0. The van der Waals surface area contributed by atoms with Crippen LogP contribution in [0.2, 0.25) is 0 Å². The van der Waals surface area contributed by atoms with Crippen molar-refractivity contribution in [2.45, 2.75) is 26.7 Å². The molecule has 0 radical (unpaired) electrons. The number of rotatable bonds is 6. The molecule has 22 heavy (non-hydrogen) atoms. The zero-order valence-electron chi connectivity index (χ0n) is 12.9. The molecule has 0 atom stereocenters. The van der Waals surface area contributed by atoms with Crippen molar-refractivity contribution in [2.24, 2.45) is 5.92 Å². The minimum absolute atomic E-state index is 0.0653. The van der Waals surface area contributed by atoms with Crippen LogP contribution < -0.4 is 15.5 Å². The zero-order chi connectivity index (χ0) is 16.1. The van der Waals surface area contributed by atoms with Gasteiger partial charge >= 0.3 is 0 Å². The Morgan fingerprint density at radius 1 is 1.23 bits per heavy atom. The molecular weight excluding hydrogens is 282 g/mol. The third-order valence-corrected chi connectivity index (χ3v) is 3.44. The van der Waals surface area contributed by atoms with Crippen LogP contribution in [0.5, 0.6) is 0 Å². The number of anilines is 2. The van der Waals surface area contributed by atoms with Crippen LogP contribution in [0.25, 0.3) is 0 Å². The molecule has 0 heterocycles. The number of benzene rings is 1. The first-order chi connectivity index (χ1) is 10.5. The monoisotopic (exact) mass is 303 g/mol. The van der Waals surface area contributed by atoms with Gasteiger partial charge in [-0.1, -0.05) is 6.07 Å². The van der Waals surface area contributed by atoms with E-state index in [0.29, 0.717) is 24.5 Å². The molecule has 1 aliphatic rings. The fourth-order valence-corrected chi connectivity index (χ4v) is 2.20. The van der Waals surface area contributed by atoms with Crippen LogP contribution in [-0.4, -0.2) is 30.8 Å². The first kappa shape index (κ1) is 16.0. The Bertz CT molecular complexity index is 582. The molecule has 0 aromatic heterocycles. The van der Waals surface area contributed by atoms with Gasteiger partial charge < -0.3 is 15.5 Å². The Labute approximate surface area is 129 Å². The van der Waals surface area contributed by atoms with Crippen molar-refractivity contribution in [3.05, 3.63) is 24.3 Å². The molecule has 6 heteroatoms. The molecule has 0 aliphatic heterocycles. The van der Waals surface area contributed by atoms with Crippen LogP contribution in [0.1, 0.15) is 26.7 Å². The Hall–Kier alpha value is -2.37. The van der Waals surface area contributed by atoms with Gasteiger partial charge in [0.25, 0.3) is 0 Å². The second-order valence-electron chi connectivity index (χ2n) is 5.47. The van der Waals surface area contributed by atoms with Gasteiger partial charge in [0, 0.05) is 44.2 Å². The van der Waals surface area contributed by atoms with E-state index in [1.165, 1.54) is 13.8 Å². The highest BCUT2D eigenvalue weighted by Gasteiger charge is 2.29. The van der Waals surface area contributed by atoms with Gasteiger partial charge in [0.1, 0.15) is 0 Å². The summed E-state index contributed by atoms with van der Waals surface area (Å²) in [6.45, 7) is 3.73. The predicted octanol–water partition coefficient (Wildman–Crippen LogP) is 1.52.